The number of thiazole rings is 1. The quantitative estimate of drug-likeness (QED) is 0.278. The summed E-state index contributed by atoms with van der Waals surface area (Å²) >= 11 is 7.87. The largest absolute Gasteiger partial charge is 0.493 e. The number of ether oxygens (including phenoxy) is 1. The predicted molar refractivity (Wildman–Crippen MR) is 163 cm³/mol. The van der Waals surface area contributed by atoms with Crippen LogP contribution in [-0.2, 0) is 10.0 Å². The van der Waals surface area contributed by atoms with E-state index in [1.165, 1.54) is 12.1 Å². The van der Waals surface area contributed by atoms with Crippen LogP contribution >= 0.6 is 35.3 Å². The van der Waals surface area contributed by atoms with Gasteiger partial charge in [0.2, 0.25) is 0 Å². The number of anilines is 2. The summed E-state index contributed by atoms with van der Waals surface area (Å²) < 4.78 is 34.5. The number of rotatable bonds is 9. The normalized spacial score (nSPS) is 14.0. The predicted octanol–water partition coefficient (Wildman–Crippen LogP) is 4.73. The average molecular weight is 623 g/mol. The third-order valence-corrected chi connectivity index (χ3v) is 9.25. The number of amides is 1. The Labute approximate surface area is 248 Å². The number of para-hydroxylation sites is 1. The van der Waals surface area contributed by atoms with Crippen molar-refractivity contribution in [3.05, 3.63) is 77.3 Å². The molecule has 5 rings (SSSR count). The zero-order chi connectivity index (χ0) is 27.4. The molecule has 1 aliphatic heterocycles. The number of sulfonamides is 1. The zero-order valence-electron chi connectivity index (χ0n) is 21.7. The van der Waals surface area contributed by atoms with Crippen molar-refractivity contribution in [3.8, 4) is 5.75 Å². The number of nitrogens with one attached hydrogen (secondary N) is 2. The molecule has 1 saturated heterocycles. The molecule has 0 atom stereocenters. The molecule has 13 heteroatoms. The Bertz CT molecular complexity index is 1580. The standard InChI is InChI=1S/C27H28ClN5O4S2.ClH/c1-37-25-21(28)11-12-23-24(25)30-27(38-23)33-17-15-32(16-18-33)14-13-29-26(34)20-9-5-6-10-22(20)31-39(35,36)19-7-3-2-4-8-19;/h2-12,31H,13-18H2,1H3,(H,29,34);1H. The van der Waals surface area contributed by atoms with Crippen LogP contribution in [0.2, 0.25) is 5.02 Å². The first-order valence-corrected chi connectivity index (χ1v) is 15.1. The fourth-order valence-electron chi connectivity index (χ4n) is 4.42. The second-order valence-electron chi connectivity index (χ2n) is 8.97. The van der Waals surface area contributed by atoms with Crippen LogP contribution in [0.25, 0.3) is 10.2 Å². The smallest absolute Gasteiger partial charge is 0.261 e. The highest BCUT2D eigenvalue weighted by Crippen LogP contribution is 2.38. The van der Waals surface area contributed by atoms with Gasteiger partial charge in [-0.05, 0) is 36.4 Å². The van der Waals surface area contributed by atoms with Crippen LogP contribution in [0, 0.1) is 0 Å². The summed E-state index contributed by atoms with van der Waals surface area (Å²) in [6, 6.07) is 18.4. The molecule has 1 amide bonds. The van der Waals surface area contributed by atoms with Gasteiger partial charge in [0.25, 0.3) is 15.9 Å². The van der Waals surface area contributed by atoms with Crippen molar-refractivity contribution in [2.45, 2.75) is 4.90 Å². The van der Waals surface area contributed by atoms with Gasteiger partial charge in [-0.3, -0.25) is 14.4 Å². The molecule has 3 aromatic carbocycles. The van der Waals surface area contributed by atoms with Crippen LogP contribution in [0.5, 0.6) is 5.75 Å². The molecule has 0 radical (unpaired) electrons. The molecule has 212 valence electrons. The topological polar surface area (TPSA) is 104 Å². The second kappa shape index (κ2) is 13.0. The Hall–Kier alpha value is -3.09. The molecule has 4 aromatic rings. The third-order valence-electron chi connectivity index (χ3n) is 6.49. The Morgan fingerprint density at radius 3 is 2.45 bits per heavy atom. The van der Waals surface area contributed by atoms with Crippen molar-refractivity contribution in [3.63, 3.8) is 0 Å². The maximum absolute atomic E-state index is 12.9. The summed E-state index contributed by atoms with van der Waals surface area (Å²) in [6.45, 7) is 4.41. The van der Waals surface area contributed by atoms with E-state index in [1.54, 1.807) is 60.9 Å². The maximum Gasteiger partial charge on any atom is 0.261 e. The number of carbonyl (C=O) groups is 1. The summed E-state index contributed by atoms with van der Waals surface area (Å²) in [4.78, 5) is 22.4. The van der Waals surface area contributed by atoms with E-state index in [2.05, 4.69) is 19.8 Å². The highest BCUT2D eigenvalue weighted by atomic mass is 35.5. The SMILES string of the molecule is COc1c(Cl)ccc2sc(N3CCN(CCNC(=O)c4ccccc4NS(=O)(=O)c4ccccc4)CC3)nc12.Cl. The first kappa shape index (κ1) is 29.9. The second-order valence-corrected chi connectivity index (χ2v) is 12.1. The Morgan fingerprint density at radius 1 is 1.02 bits per heavy atom. The summed E-state index contributed by atoms with van der Waals surface area (Å²) in [5.41, 5.74) is 1.29. The molecule has 1 fully saturated rings. The van der Waals surface area contributed by atoms with E-state index in [4.69, 9.17) is 21.3 Å². The van der Waals surface area contributed by atoms with Gasteiger partial charge in [-0.15, -0.1) is 12.4 Å². The summed E-state index contributed by atoms with van der Waals surface area (Å²) in [5, 5.41) is 4.41. The van der Waals surface area contributed by atoms with Gasteiger partial charge < -0.3 is 15.0 Å². The molecular formula is C27H29Cl2N5O4S2. The molecule has 1 aliphatic rings. The monoisotopic (exact) mass is 621 g/mol. The van der Waals surface area contributed by atoms with Crippen LogP contribution in [0.3, 0.4) is 0 Å². The van der Waals surface area contributed by atoms with E-state index in [-0.39, 0.29) is 34.5 Å². The molecule has 2 N–H and O–H groups in total. The lowest BCUT2D eigenvalue weighted by atomic mass is 10.1. The van der Waals surface area contributed by atoms with Crippen LogP contribution in [0.1, 0.15) is 10.4 Å². The van der Waals surface area contributed by atoms with Gasteiger partial charge in [-0.1, -0.05) is 53.3 Å². The van der Waals surface area contributed by atoms with Crippen LogP contribution in [-0.4, -0.2) is 70.6 Å². The molecule has 0 unspecified atom stereocenters. The number of carbonyl (C=O) groups excluding carboxylic acids is 1. The maximum atomic E-state index is 12.9. The fourth-order valence-corrected chi connectivity index (χ4v) is 6.77. The lowest BCUT2D eigenvalue weighted by molar-refractivity contribution is 0.0948. The number of hydrogen-bond donors (Lipinski definition) is 2. The molecular weight excluding hydrogens is 593 g/mol. The van der Waals surface area contributed by atoms with Crippen molar-refractivity contribution < 1.29 is 17.9 Å². The van der Waals surface area contributed by atoms with Crippen molar-refractivity contribution in [2.24, 2.45) is 0 Å². The van der Waals surface area contributed by atoms with Gasteiger partial charge in [0.1, 0.15) is 5.52 Å². The van der Waals surface area contributed by atoms with Crippen LogP contribution in [0.4, 0.5) is 10.8 Å². The molecule has 0 saturated carbocycles. The van der Waals surface area contributed by atoms with Gasteiger partial charge in [0.05, 0.1) is 33.0 Å². The van der Waals surface area contributed by atoms with Crippen molar-refractivity contribution >= 4 is 72.3 Å². The summed E-state index contributed by atoms with van der Waals surface area (Å²) in [5.74, 6) is 0.266. The van der Waals surface area contributed by atoms with Gasteiger partial charge in [0, 0.05) is 39.3 Å². The van der Waals surface area contributed by atoms with E-state index in [1.807, 2.05) is 12.1 Å². The first-order valence-electron chi connectivity index (χ1n) is 12.4. The molecule has 0 spiro atoms. The Morgan fingerprint density at radius 2 is 1.73 bits per heavy atom. The number of hydrogen-bond acceptors (Lipinski definition) is 8. The van der Waals surface area contributed by atoms with E-state index in [0.717, 1.165) is 41.5 Å². The van der Waals surface area contributed by atoms with Crippen molar-refractivity contribution in [2.75, 3.05) is 56.0 Å². The first-order chi connectivity index (χ1) is 18.9. The minimum atomic E-state index is -3.81. The molecule has 0 aliphatic carbocycles. The van der Waals surface area contributed by atoms with Gasteiger partial charge >= 0.3 is 0 Å². The molecule has 1 aromatic heterocycles. The Kier molecular flexibility index (Phi) is 9.75. The highest BCUT2D eigenvalue weighted by Gasteiger charge is 2.22. The number of methoxy groups -OCH3 is 1. The van der Waals surface area contributed by atoms with Crippen molar-refractivity contribution in [1.82, 2.24) is 15.2 Å². The zero-order valence-corrected chi connectivity index (χ0v) is 24.9. The number of piperazine rings is 1. The summed E-state index contributed by atoms with van der Waals surface area (Å²) in [6.07, 6.45) is 0. The molecule has 2 heterocycles. The van der Waals surface area contributed by atoms with Gasteiger partial charge in [0.15, 0.2) is 10.9 Å². The lowest BCUT2D eigenvalue weighted by Crippen LogP contribution is -2.48. The van der Waals surface area contributed by atoms with Gasteiger partial charge in [-0.25, -0.2) is 13.4 Å². The lowest BCUT2D eigenvalue weighted by Gasteiger charge is -2.34. The van der Waals surface area contributed by atoms with E-state index < -0.39 is 10.0 Å². The summed E-state index contributed by atoms with van der Waals surface area (Å²) in [7, 11) is -2.21. The number of halogens is 2. The minimum Gasteiger partial charge on any atom is -0.493 e. The number of benzene rings is 3. The van der Waals surface area contributed by atoms with E-state index in [9.17, 15) is 13.2 Å². The molecule has 9 nitrogen and oxygen atoms in total. The van der Waals surface area contributed by atoms with Gasteiger partial charge in [-0.2, -0.15) is 0 Å². The molecule has 40 heavy (non-hydrogen) atoms. The molecule has 0 bridgehead atoms. The fraction of sp³-hybridized carbons (Fsp3) is 0.259. The van der Waals surface area contributed by atoms with Crippen LogP contribution < -0.4 is 19.7 Å². The van der Waals surface area contributed by atoms with Crippen molar-refractivity contribution in [1.29, 1.82) is 0 Å². The Balaban J connectivity index is 0.00000370. The highest BCUT2D eigenvalue weighted by molar-refractivity contribution is 7.92. The number of nitrogens with zero attached hydrogens (tertiary/aromatic N) is 3. The van der Waals surface area contributed by atoms with E-state index >= 15 is 0 Å². The number of fused-ring (bicyclic) bond motifs is 1. The third kappa shape index (κ3) is 6.61. The minimum absolute atomic E-state index is 0. The average Bonchev–Trinajstić information content (AvgIpc) is 3.38. The van der Waals surface area contributed by atoms with Crippen LogP contribution in [0.15, 0.2) is 71.6 Å². The van der Waals surface area contributed by atoms with E-state index in [0.29, 0.717) is 23.9 Å². The number of aromatic nitrogens is 1.